The molecule has 0 aliphatic heterocycles. The van der Waals surface area contributed by atoms with Crippen molar-refractivity contribution in [2.45, 2.75) is 13.3 Å². The summed E-state index contributed by atoms with van der Waals surface area (Å²) in [6, 6.07) is 44.2. The van der Waals surface area contributed by atoms with Gasteiger partial charge in [-0.1, -0.05) is 73.7 Å². The van der Waals surface area contributed by atoms with E-state index < -0.39 is 0 Å². The number of aromatic nitrogens is 4. The molecule has 0 aliphatic carbocycles. The van der Waals surface area contributed by atoms with Gasteiger partial charge in [0.2, 0.25) is 0 Å². The molecule has 0 N–H and O–H groups in total. The van der Waals surface area contributed by atoms with Crippen LogP contribution in [0.4, 0.5) is 0 Å². The van der Waals surface area contributed by atoms with Gasteiger partial charge >= 0.3 is 0 Å². The fourth-order valence-corrected chi connectivity index (χ4v) is 6.57. The van der Waals surface area contributed by atoms with Crippen LogP contribution in [0.15, 0.2) is 132 Å². The Balaban J connectivity index is 1.36. The van der Waals surface area contributed by atoms with E-state index in [4.69, 9.17) is 14.4 Å². The zero-order valence-corrected chi connectivity index (χ0v) is 23.5. The molecule has 4 aromatic heterocycles. The highest BCUT2D eigenvalue weighted by Gasteiger charge is 2.24. The van der Waals surface area contributed by atoms with Crippen molar-refractivity contribution in [3.8, 4) is 22.6 Å². The molecule has 4 heterocycles. The van der Waals surface area contributed by atoms with Crippen LogP contribution in [0.1, 0.15) is 12.7 Å². The lowest BCUT2D eigenvalue weighted by atomic mass is 10.0. The van der Waals surface area contributed by atoms with Crippen LogP contribution in [0.25, 0.3) is 77.5 Å². The summed E-state index contributed by atoms with van der Waals surface area (Å²) in [5, 5.41) is 3.11. The van der Waals surface area contributed by atoms with Gasteiger partial charge in [0.05, 0.1) is 33.1 Å². The highest BCUT2D eigenvalue weighted by Crippen LogP contribution is 2.44. The number of hydrogen-bond donors (Lipinski definition) is 0. The summed E-state index contributed by atoms with van der Waals surface area (Å²) in [4.78, 5) is 10.1. The average Bonchev–Trinajstić information content (AvgIpc) is 3.74. The van der Waals surface area contributed by atoms with Gasteiger partial charge < -0.3 is 8.98 Å². The van der Waals surface area contributed by atoms with Crippen molar-refractivity contribution in [2.75, 3.05) is 0 Å². The third-order valence-electron chi connectivity index (χ3n) is 8.47. The Kier molecular flexibility index (Phi) is 5.11. The Morgan fingerprint density at radius 2 is 1.19 bits per heavy atom. The van der Waals surface area contributed by atoms with Gasteiger partial charge in [0.15, 0.2) is 5.58 Å². The quantitative estimate of drug-likeness (QED) is 0.218. The Bertz CT molecular complexity index is 2480. The number of hydrogen-bond acceptors (Lipinski definition) is 3. The van der Waals surface area contributed by atoms with Crippen LogP contribution in [0.3, 0.4) is 0 Å². The number of imidazole rings is 1. The minimum atomic E-state index is 0.851. The van der Waals surface area contributed by atoms with E-state index in [0.29, 0.717) is 0 Å². The number of para-hydroxylation sites is 4. The molecule has 0 amide bonds. The monoisotopic (exact) mass is 554 g/mol. The lowest BCUT2D eigenvalue weighted by Crippen LogP contribution is -2.01. The molecule has 0 aliphatic rings. The van der Waals surface area contributed by atoms with Crippen molar-refractivity contribution in [1.29, 1.82) is 0 Å². The van der Waals surface area contributed by atoms with Crippen LogP contribution < -0.4 is 0 Å². The number of furan rings is 1. The third-order valence-corrected chi connectivity index (χ3v) is 8.47. The molecule has 0 saturated carbocycles. The first-order valence-corrected chi connectivity index (χ1v) is 14.7. The van der Waals surface area contributed by atoms with Crippen molar-refractivity contribution in [3.05, 3.63) is 133 Å². The van der Waals surface area contributed by atoms with Crippen molar-refractivity contribution in [1.82, 2.24) is 19.1 Å². The van der Waals surface area contributed by atoms with Gasteiger partial charge in [-0.25, -0.2) is 9.97 Å². The van der Waals surface area contributed by atoms with Gasteiger partial charge in [0, 0.05) is 34.1 Å². The maximum Gasteiger partial charge on any atom is 0.161 e. The van der Waals surface area contributed by atoms with Gasteiger partial charge in [0.1, 0.15) is 16.9 Å². The fourth-order valence-electron chi connectivity index (χ4n) is 6.57. The first-order chi connectivity index (χ1) is 21.3. The molecule has 0 unspecified atom stereocenters. The summed E-state index contributed by atoms with van der Waals surface area (Å²) in [6.07, 6.45) is 0.851. The molecular weight excluding hydrogens is 528 g/mol. The molecule has 0 atom stereocenters. The Morgan fingerprint density at radius 3 is 1.95 bits per heavy atom. The van der Waals surface area contributed by atoms with Crippen LogP contribution in [0.2, 0.25) is 0 Å². The largest absolute Gasteiger partial charge is 0.453 e. The molecule has 9 aromatic rings. The summed E-state index contributed by atoms with van der Waals surface area (Å²) in [6.45, 7) is 2.15. The molecule has 0 bridgehead atoms. The Hall–Kier alpha value is -5.68. The summed E-state index contributed by atoms with van der Waals surface area (Å²) in [7, 11) is 0. The van der Waals surface area contributed by atoms with E-state index in [2.05, 4.69) is 119 Å². The summed E-state index contributed by atoms with van der Waals surface area (Å²) >= 11 is 0. The van der Waals surface area contributed by atoms with E-state index in [1.54, 1.807) is 0 Å². The minimum Gasteiger partial charge on any atom is -0.453 e. The van der Waals surface area contributed by atoms with Crippen LogP contribution >= 0.6 is 0 Å². The van der Waals surface area contributed by atoms with Gasteiger partial charge in [0.25, 0.3) is 0 Å². The molecule has 0 spiro atoms. The second-order valence-corrected chi connectivity index (χ2v) is 10.9. The van der Waals surface area contributed by atoms with E-state index in [1.165, 1.54) is 0 Å². The smallest absolute Gasteiger partial charge is 0.161 e. The van der Waals surface area contributed by atoms with E-state index in [-0.39, 0.29) is 0 Å². The van der Waals surface area contributed by atoms with Crippen LogP contribution in [0.5, 0.6) is 0 Å². The maximum absolute atomic E-state index is 6.83. The highest BCUT2D eigenvalue weighted by molar-refractivity contribution is 6.24. The Morgan fingerprint density at radius 1 is 0.558 bits per heavy atom. The molecule has 5 aromatic carbocycles. The number of pyridine rings is 1. The lowest BCUT2D eigenvalue weighted by Gasteiger charge is -2.12. The molecular formula is C38H26N4O. The second kappa shape index (κ2) is 9.16. The van der Waals surface area contributed by atoms with Crippen LogP contribution in [-0.2, 0) is 6.42 Å². The SMILES string of the molecule is CCc1nc2ccccc2n1-c1ccc(-n2c3ccccc3c3oc4c5ccccc5nc(-c5ccccc5)c4c32)cc1. The predicted octanol–water partition coefficient (Wildman–Crippen LogP) is 9.65. The van der Waals surface area contributed by atoms with Crippen molar-refractivity contribution >= 4 is 54.9 Å². The topological polar surface area (TPSA) is 48.8 Å². The first-order valence-electron chi connectivity index (χ1n) is 14.7. The zero-order valence-electron chi connectivity index (χ0n) is 23.5. The molecule has 0 radical (unpaired) electrons. The van der Waals surface area contributed by atoms with Gasteiger partial charge in [-0.3, -0.25) is 4.57 Å². The standard InChI is InChI=1S/C38H26N4O/c1-2-33-39-30-17-9-11-19-32(30)41(33)25-20-22-26(23-21-25)42-31-18-10-7-15-28(31)38-36(42)34-35(24-12-4-3-5-13-24)40-29-16-8-6-14-27(29)37(34)43-38/h3-23H,2H2,1H3. The second-order valence-electron chi connectivity index (χ2n) is 10.9. The first kappa shape index (κ1) is 24.0. The summed E-state index contributed by atoms with van der Waals surface area (Å²) in [5.41, 5.74) is 11.1. The summed E-state index contributed by atoms with van der Waals surface area (Å²) in [5.74, 6) is 1.05. The van der Waals surface area contributed by atoms with E-state index in [0.717, 1.165) is 89.8 Å². The number of rotatable bonds is 4. The highest BCUT2D eigenvalue weighted by atomic mass is 16.3. The van der Waals surface area contributed by atoms with Crippen molar-refractivity contribution in [3.63, 3.8) is 0 Å². The van der Waals surface area contributed by atoms with Crippen molar-refractivity contribution in [2.24, 2.45) is 0 Å². The van der Waals surface area contributed by atoms with E-state index in [1.807, 2.05) is 24.3 Å². The van der Waals surface area contributed by atoms with E-state index in [9.17, 15) is 0 Å². The Labute approximate surface area is 247 Å². The number of aryl methyl sites for hydroxylation is 1. The minimum absolute atomic E-state index is 0.851. The van der Waals surface area contributed by atoms with Gasteiger partial charge in [-0.2, -0.15) is 0 Å². The number of benzene rings is 5. The third kappa shape index (κ3) is 3.45. The van der Waals surface area contributed by atoms with Gasteiger partial charge in [-0.15, -0.1) is 0 Å². The molecule has 0 saturated heterocycles. The average molecular weight is 555 g/mol. The molecule has 5 nitrogen and oxygen atoms in total. The normalized spacial score (nSPS) is 11.9. The molecule has 204 valence electrons. The number of fused-ring (bicyclic) bond motifs is 8. The number of nitrogens with zero attached hydrogens (tertiary/aromatic N) is 4. The van der Waals surface area contributed by atoms with Crippen LogP contribution in [0, 0.1) is 0 Å². The zero-order chi connectivity index (χ0) is 28.5. The maximum atomic E-state index is 6.83. The van der Waals surface area contributed by atoms with E-state index >= 15 is 0 Å². The lowest BCUT2D eigenvalue weighted by molar-refractivity contribution is 0.676. The predicted molar refractivity (Wildman–Crippen MR) is 175 cm³/mol. The molecule has 9 rings (SSSR count). The molecule has 43 heavy (non-hydrogen) atoms. The summed E-state index contributed by atoms with van der Waals surface area (Å²) < 4.78 is 11.4. The van der Waals surface area contributed by atoms with Gasteiger partial charge in [-0.05, 0) is 60.7 Å². The molecule has 0 fully saturated rings. The fraction of sp³-hybridized carbons (Fsp3) is 0.0526. The van der Waals surface area contributed by atoms with Crippen LogP contribution in [-0.4, -0.2) is 19.1 Å². The molecule has 5 heteroatoms. The van der Waals surface area contributed by atoms with Crippen molar-refractivity contribution < 1.29 is 4.42 Å².